The highest BCUT2D eigenvalue weighted by Gasteiger charge is 2.06. The molecule has 0 bridgehead atoms. The van der Waals surface area contributed by atoms with Gasteiger partial charge in [-0.05, 0) is 26.2 Å². The number of hydrogen-bond donors (Lipinski definition) is 1. The van der Waals surface area contributed by atoms with Crippen molar-refractivity contribution >= 4 is 5.91 Å². The molecule has 1 N–H and O–H groups in total. The first-order valence-electron chi connectivity index (χ1n) is 6.61. The molecule has 0 aliphatic rings. The fourth-order valence-electron chi connectivity index (χ4n) is 1.80. The van der Waals surface area contributed by atoms with Crippen LogP contribution in [0.15, 0.2) is 48.7 Å². The van der Waals surface area contributed by atoms with E-state index in [0.717, 1.165) is 17.8 Å². The molecule has 0 aliphatic heterocycles. The minimum absolute atomic E-state index is 0.0843. The first-order valence-corrected chi connectivity index (χ1v) is 6.61. The van der Waals surface area contributed by atoms with Gasteiger partial charge in [0.1, 0.15) is 0 Å². The Morgan fingerprint density at radius 3 is 2.50 bits per heavy atom. The summed E-state index contributed by atoms with van der Waals surface area (Å²) in [6, 6.07) is 13.6. The van der Waals surface area contributed by atoms with E-state index in [4.69, 9.17) is 0 Å². The summed E-state index contributed by atoms with van der Waals surface area (Å²) >= 11 is 0. The van der Waals surface area contributed by atoms with Crippen molar-refractivity contribution in [1.82, 2.24) is 15.2 Å². The first-order chi connectivity index (χ1) is 9.66. The second kappa shape index (κ2) is 6.82. The number of hydrogen-bond acceptors (Lipinski definition) is 3. The second-order valence-electron chi connectivity index (χ2n) is 4.86. The van der Waals surface area contributed by atoms with E-state index in [9.17, 15) is 4.79 Å². The molecule has 1 heterocycles. The van der Waals surface area contributed by atoms with Crippen LogP contribution < -0.4 is 5.32 Å². The van der Waals surface area contributed by atoms with Crippen molar-refractivity contribution in [2.75, 3.05) is 27.2 Å². The van der Waals surface area contributed by atoms with E-state index < -0.39 is 0 Å². The molecule has 0 radical (unpaired) electrons. The molecule has 20 heavy (non-hydrogen) atoms. The van der Waals surface area contributed by atoms with Gasteiger partial charge in [0.05, 0.1) is 11.3 Å². The van der Waals surface area contributed by atoms with Gasteiger partial charge >= 0.3 is 0 Å². The molecule has 1 aromatic carbocycles. The van der Waals surface area contributed by atoms with Crippen LogP contribution in [0.1, 0.15) is 10.4 Å². The monoisotopic (exact) mass is 269 g/mol. The van der Waals surface area contributed by atoms with Gasteiger partial charge in [0.15, 0.2) is 0 Å². The van der Waals surface area contributed by atoms with E-state index in [1.54, 1.807) is 12.3 Å². The molecule has 0 saturated carbocycles. The van der Waals surface area contributed by atoms with Gasteiger partial charge in [-0.3, -0.25) is 9.78 Å². The van der Waals surface area contributed by atoms with E-state index in [1.807, 2.05) is 55.4 Å². The summed E-state index contributed by atoms with van der Waals surface area (Å²) in [7, 11) is 3.95. The highest BCUT2D eigenvalue weighted by molar-refractivity contribution is 5.94. The molecule has 1 amide bonds. The third-order valence-corrected chi connectivity index (χ3v) is 2.94. The summed E-state index contributed by atoms with van der Waals surface area (Å²) in [6.07, 6.45) is 1.62. The van der Waals surface area contributed by atoms with Crippen molar-refractivity contribution in [3.63, 3.8) is 0 Å². The van der Waals surface area contributed by atoms with Gasteiger partial charge in [-0.15, -0.1) is 0 Å². The molecular formula is C16H19N3O. The smallest absolute Gasteiger partial charge is 0.252 e. The standard InChI is InChI=1S/C16H19N3O/c1-19(2)11-10-17-16(20)14-8-9-15(18-12-14)13-6-4-3-5-7-13/h3-9,12H,10-11H2,1-2H3,(H,17,20). The molecule has 0 aliphatic carbocycles. The summed E-state index contributed by atoms with van der Waals surface area (Å²) in [5.41, 5.74) is 2.51. The summed E-state index contributed by atoms with van der Waals surface area (Å²) < 4.78 is 0. The molecule has 0 saturated heterocycles. The van der Waals surface area contributed by atoms with Crippen LogP contribution in [0.2, 0.25) is 0 Å². The summed E-state index contributed by atoms with van der Waals surface area (Å²) in [5, 5.41) is 2.87. The first kappa shape index (κ1) is 14.2. The number of carbonyl (C=O) groups is 1. The number of rotatable bonds is 5. The molecule has 0 fully saturated rings. The van der Waals surface area contributed by atoms with Crippen molar-refractivity contribution in [1.29, 1.82) is 0 Å². The number of carbonyl (C=O) groups excluding carboxylic acids is 1. The van der Waals surface area contributed by atoms with Gasteiger partial charge in [0.2, 0.25) is 0 Å². The van der Waals surface area contributed by atoms with E-state index >= 15 is 0 Å². The summed E-state index contributed by atoms with van der Waals surface area (Å²) in [5.74, 6) is -0.0843. The molecule has 1 aromatic heterocycles. The van der Waals surface area contributed by atoms with Crippen LogP contribution >= 0.6 is 0 Å². The Labute approximate surface area is 119 Å². The average Bonchev–Trinajstić information content (AvgIpc) is 2.48. The molecule has 0 spiro atoms. The Bertz CT molecular complexity index is 550. The van der Waals surface area contributed by atoms with Crippen LogP contribution in [-0.4, -0.2) is 43.0 Å². The average molecular weight is 269 g/mol. The maximum absolute atomic E-state index is 11.9. The Balaban J connectivity index is 1.99. The zero-order chi connectivity index (χ0) is 14.4. The number of aromatic nitrogens is 1. The van der Waals surface area contributed by atoms with Gasteiger partial charge in [0.25, 0.3) is 5.91 Å². The largest absolute Gasteiger partial charge is 0.351 e. The lowest BCUT2D eigenvalue weighted by molar-refractivity contribution is 0.0950. The highest BCUT2D eigenvalue weighted by atomic mass is 16.1. The molecule has 4 nitrogen and oxygen atoms in total. The van der Waals surface area contributed by atoms with Gasteiger partial charge in [0, 0.05) is 24.8 Å². The van der Waals surface area contributed by atoms with Crippen LogP contribution in [0.5, 0.6) is 0 Å². The third-order valence-electron chi connectivity index (χ3n) is 2.94. The lowest BCUT2D eigenvalue weighted by atomic mass is 10.1. The van der Waals surface area contributed by atoms with Crippen LogP contribution in [-0.2, 0) is 0 Å². The van der Waals surface area contributed by atoms with Gasteiger partial charge in [-0.2, -0.15) is 0 Å². The van der Waals surface area contributed by atoms with E-state index in [-0.39, 0.29) is 5.91 Å². The molecular weight excluding hydrogens is 250 g/mol. The maximum atomic E-state index is 11.9. The normalized spacial score (nSPS) is 10.6. The number of pyridine rings is 1. The lowest BCUT2D eigenvalue weighted by Gasteiger charge is -2.10. The fraction of sp³-hybridized carbons (Fsp3) is 0.250. The van der Waals surface area contributed by atoms with Crippen LogP contribution in [0.3, 0.4) is 0 Å². The Hall–Kier alpha value is -2.20. The van der Waals surface area contributed by atoms with Crippen molar-refractivity contribution < 1.29 is 4.79 Å². The fourth-order valence-corrected chi connectivity index (χ4v) is 1.80. The molecule has 2 aromatic rings. The van der Waals surface area contributed by atoms with Crippen molar-refractivity contribution in [2.24, 2.45) is 0 Å². The predicted molar refractivity (Wildman–Crippen MR) is 80.6 cm³/mol. The summed E-state index contributed by atoms with van der Waals surface area (Å²) in [6.45, 7) is 1.45. The molecule has 104 valence electrons. The number of benzene rings is 1. The van der Waals surface area contributed by atoms with E-state index in [0.29, 0.717) is 12.1 Å². The van der Waals surface area contributed by atoms with Gasteiger partial charge < -0.3 is 10.2 Å². The summed E-state index contributed by atoms with van der Waals surface area (Å²) in [4.78, 5) is 18.3. The van der Waals surface area contributed by atoms with Crippen LogP contribution in [0, 0.1) is 0 Å². The zero-order valence-electron chi connectivity index (χ0n) is 11.8. The quantitative estimate of drug-likeness (QED) is 0.903. The minimum Gasteiger partial charge on any atom is -0.351 e. The number of nitrogens with zero attached hydrogens (tertiary/aromatic N) is 2. The number of likely N-dealkylation sites (N-methyl/N-ethyl adjacent to an activating group) is 1. The van der Waals surface area contributed by atoms with Crippen molar-refractivity contribution in [3.05, 3.63) is 54.2 Å². The Morgan fingerprint density at radius 2 is 1.90 bits per heavy atom. The second-order valence-corrected chi connectivity index (χ2v) is 4.86. The maximum Gasteiger partial charge on any atom is 0.252 e. The molecule has 0 unspecified atom stereocenters. The van der Waals surface area contributed by atoms with Crippen molar-refractivity contribution in [2.45, 2.75) is 0 Å². The number of amides is 1. The molecule has 4 heteroatoms. The minimum atomic E-state index is -0.0843. The molecule has 2 rings (SSSR count). The highest BCUT2D eigenvalue weighted by Crippen LogP contribution is 2.15. The van der Waals surface area contributed by atoms with Gasteiger partial charge in [-0.25, -0.2) is 0 Å². The van der Waals surface area contributed by atoms with E-state index in [1.165, 1.54) is 0 Å². The lowest BCUT2D eigenvalue weighted by Crippen LogP contribution is -2.31. The van der Waals surface area contributed by atoms with Gasteiger partial charge in [-0.1, -0.05) is 30.3 Å². The van der Waals surface area contributed by atoms with Crippen molar-refractivity contribution in [3.8, 4) is 11.3 Å². The third kappa shape index (κ3) is 3.90. The van der Waals surface area contributed by atoms with Crippen LogP contribution in [0.4, 0.5) is 0 Å². The predicted octanol–water partition coefficient (Wildman–Crippen LogP) is 2.04. The number of nitrogens with one attached hydrogen (secondary N) is 1. The SMILES string of the molecule is CN(C)CCNC(=O)c1ccc(-c2ccccc2)nc1. The topological polar surface area (TPSA) is 45.2 Å². The zero-order valence-corrected chi connectivity index (χ0v) is 11.8. The van der Waals surface area contributed by atoms with Crippen LogP contribution in [0.25, 0.3) is 11.3 Å². The molecule has 0 atom stereocenters. The van der Waals surface area contributed by atoms with E-state index in [2.05, 4.69) is 10.3 Å². The Morgan fingerprint density at radius 1 is 1.15 bits per heavy atom. The Kier molecular flexibility index (Phi) is 4.85.